The molecule has 2 rings (SSSR count). The van der Waals surface area contributed by atoms with Crippen LogP contribution in [-0.4, -0.2) is 23.5 Å². The highest BCUT2D eigenvalue weighted by molar-refractivity contribution is 9.10. The standard InChI is InChI=1S/C11H13BrClN3OS/c1-17-3-2-16-11(8(13)5-15-16)10(14)9-4-7(12)6-18-9/h4-6,10H,2-3,14H2,1H3. The van der Waals surface area contributed by atoms with Crippen LogP contribution in [0, 0.1) is 0 Å². The second kappa shape index (κ2) is 6.16. The average Bonchev–Trinajstić information content (AvgIpc) is 2.92. The first-order valence-electron chi connectivity index (χ1n) is 5.33. The lowest BCUT2D eigenvalue weighted by Crippen LogP contribution is -2.18. The Morgan fingerprint density at radius 2 is 2.44 bits per heavy atom. The summed E-state index contributed by atoms with van der Waals surface area (Å²) in [7, 11) is 1.65. The predicted molar refractivity (Wildman–Crippen MR) is 77.2 cm³/mol. The molecule has 7 heteroatoms. The summed E-state index contributed by atoms with van der Waals surface area (Å²) in [4.78, 5) is 1.04. The first kappa shape index (κ1) is 14.0. The van der Waals surface area contributed by atoms with Gasteiger partial charge in [-0.05, 0) is 22.0 Å². The third-order valence-electron chi connectivity index (χ3n) is 2.53. The zero-order valence-corrected chi connectivity index (χ0v) is 12.9. The third kappa shape index (κ3) is 2.95. The molecule has 0 spiro atoms. The van der Waals surface area contributed by atoms with Gasteiger partial charge in [-0.1, -0.05) is 11.6 Å². The summed E-state index contributed by atoms with van der Waals surface area (Å²) in [5, 5.41) is 6.81. The molecular weight excluding hydrogens is 338 g/mol. The molecule has 0 radical (unpaired) electrons. The van der Waals surface area contributed by atoms with Gasteiger partial charge in [-0.2, -0.15) is 5.10 Å². The monoisotopic (exact) mass is 349 g/mol. The van der Waals surface area contributed by atoms with Crippen molar-refractivity contribution in [3.05, 3.63) is 37.7 Å². The quantitative estimate of drug-likeness (QED) is 0.901. The van der Waals surface area contributed by atoms with Crippen LogP contribution < -0.4 is 5.73 Å². The Morgan fingerprint density at radius 3 is 3.06 bits per heavy atom. The summed E-state index contributed by atoms with van der Waals surface area (Å²) in [5.74, 6) is 0. The van der Waals surface area contributed by atoms with E-state index < -0.39 is 0 Å². The molecule has 2 aromatic rings. The Bertz CT molecular complexity index is 528. The van der Waals surface area contributed by atoms with Crippen LogP contribution >= 0.6 is 38.9 Å². The zero-order valence-electron chi connectivity index (χ0n) is 9.77. The highest BCUT2D eigenvalue weighted by Crippen LogP contribution is 2.31. The van der Waals surface area contributed by atoms with E-state index in [9.17, 15) is 0 Å². The minimum Gasteiger partial charge on any atom is -0.383 e. The molecule has 4 nitrogen and oxygen atoms in total. The highest BCUT2D eigenvalue weighted by Gasteiger charge is 2.19. The summed E-state index contributed by atoms with van der Waals surface area (Å²) >= 11 is 11.2. The summed E-state index contributed by atoms with van der Waals surface area (Å²) in [5.41, 5.74) is 7.07. The van der Waals surface area contributed by atoms with Gasteiger partial charge in [0.1, 0.15) is 0 Å². The molecule has 1 unspecified atom stereocenters. The number of nitrogens with zero attached hydrogens (tertiary/aromatic N) is 2. The number of methoxy groups -OCH3 is 1. The molecule has 98 valence electrons. The second-order valence-corrected chi connectivity index (χ2v) is 6.00. The van der Waals surface area contributed by atoms with Crippen molar-refractivity contribution in [2.45, 2.75) is 12.6 Å². The van der Waals surface area contributed by atoms with Crippen LogP contribution in [0.3, 0.4) is 0 Å². The van der Waals surface area contributed by atoms with E-state index in [2.05, 4.69) is 21.0 Å². The molecule has 0 saturated carbocycles. The predicted octanol–water partition coefficient (Wildman–Crippen LogP) is 3.06. The maximum atomic E-state index is 6.25. The number of hydrogen-bond donors (Lipinski definition) is 1. The van der Waals surface area contributed by atoms with E-state index in [1.807, 2.05) is 11.4 Å². The lowest BCUT2D eigenvalue weighted by Gasteiger charge is -2.13. The Morgan fingerprint density at radius 1 is 1.67 bits per heavy atom. The van der Waals surface area contributed by atoms with E-state index in [0.29, 0.717) is 18.2 Å². The largest absolute Gasteiger partial charge is 0.383 e. The lowest BCUT2D eigenvalue weighted by molar-refractivity contribution is 0.182. The molecule has 0 aliphatic carbocycles. The van der Waals surface area contributed by atoms with E-state index >= 15 is 0 Å². The SMILES string of the molecule is COCCn1ncc(Cl)c1C(N)c1cc(Br)cs1. The summed E-state index contributed by atoms with van der Waals surface area (Å²) in [6.45, 7) is 1.21. The second-order valence-electron chi connectivity index (χ2n) is 3.74. The molecular formula is C11H13BrClN3OS. The van der Waals surface area contributed by atoms with Crippen molar-refractivity contribution in [2.24, 2.45) is 5.73 Å². The van der Waals surface area contributed by atoms with Crippen LogP contribution in [0.15, 0.2) is 22.1 Å². The van der Waals surface area contributed by atoms with Gasteiger partial charge in [-0.3, -0.25) is 4.68 Å². The molecule has 0 aliphatic heterocycles. The van der Waals surface area contributed by atoms with Gasteiger partial charge in [-0.25, -0.2) is 0 Å². The van der Waals surface area contributed by atoms with Gasteiger partial charge >= 0.3 is 0 Å². The van der Waals surface area contributed by atoms with E-state index in [4.69, 9.17) is 22.1 Å². The summed E-state index contributed by atoms with van der Waals surface area (Å²) in [6, 6.07) is 1.73. The van der Waals surface area contributed by atoms with Crippen molar-refractivity contribution >= 4 is 38.9 Å². The van der Waals surface area contributed by atoms with E-state index in [1.165, 1.54) is 0 Å². The first-order valence-corrected chi connectivity index (χ1v) is 7.38. The van der Waals surface area contributed by atoms with Gasteiger partial charge in [0.05, 0.1) is 36.1 Å². The van der Waals surface area contributed by atoms with Gasteiger partial charge in [0.15, 0.2) is 0 Å². The molecule has 2 heterocycles. The van der Waals surface area contributed by atoms with Crippen molar-refractivity contribution in [3.8, 4) is 0 Å². The van der Waals surface area contributed by atoms with Crippen LogP contribution in [0.4, 0.5) is 0 Å². The Labute approximate surface area is 123 Å². The minimum atomic E-state index is -0.270. The maximum Gasteiger partial charge on any atom is 0.0838 e. The fourth-order valence-corrected chi connectivity index (χ4v) is 3.37. The van der Waals surface area contributed by atoms with Crippen molar-refractivity contribution in [3.63, 3.8) is 0 Å². The fourth-order valence-electron chi connectivity index (χ4n) is 1.66. The molecule has 18 heavy (non-hydrogen) atoms. The van der Waals surface area contributed by atoms with Crippen molar-refractivity contribution in [2.75, 3.05) is 13.7 Å². The van der Waals surface area contributed by atoms with Crippen LogP contribution in [0.1, 0.15) is 16.6 Å². The van der Waals surface area contributed by atoms with Gasteiger partial charge in [0.2, 0.25) is 0 Å². The van der Waals surface area contributed by atoms with Crippen LogP contribution in [-0.2, 0) is 11.3 Å². The van der Waals surface area contributed by atoms with E-state index in [0.717, 1.165) is 15.0 Å². The zero-order chi connectivity index (χ0) is 13.1. The minimum absolute atomic E-state index is 0.270. The Balaban J connectivity index is 2.28. The number of halogens is 2. The van der Waals surface area contributed by atoms with E-state index in [-0.39, 0.29) is 6.04 Å². The number of hydrogen-bond acceptors (Lipinski definition) is 4. The summed E-state index contributed by atoms with van der Waals surface area (Å²) in [6.07, 6.45) is 1.62. The number of rotatable bonds is 5. The molecule has 0 bridgehead atoms. The molecule has 1 atom stereocenters. The molecule has 0 aliphatic rings. The van der Waals surface area contributed by atoms with Gasteiger partial charge in [0, 0.05) is 21.8 Å². The van der Waals surface area contributed by atoms with Crippen molar-refractivity contribution in [1.82, 2.24) is 9.78 Å². The normalized spacial score (nSPS) is 12.9. The molecule has 0 amide bonds. The Hall–Kier alpha value is -0.400. The Kier molecular flexibility index (Phi) is 4.80. The number of nitrogens with two attached hydrogens (primary N) is 1. The number of thiophene rings is 1. The topological polar surface area (TPSA) is 53.1 Å². The maximum absolute atomic E-state index is 6.25. The average molecular weight is 351 g/mol. The van der Waals surface area contributed by atoms with Gasteiger partial charge in [-0.15, -0.1) is 11.3 Å². The van der Waals surface area contributed by atoms with Crippen LogP contribution in [0.2, 0.25) is 5.02 Å². The third-order valence-corrected chi connectivity index (χ3v) is 4.60. The molecule has 0 saturated heterocycles. The van der Waals surface area contributed by atoms with Gasteiger partial charge in [0.25, 0.3) is 0 Å². The van der Waals surface area contributed by atoms with Crippen molar-refractivity contribution < 1.29 is 4.74 Å². The van der Waals surface area contributed by atoms with Gasteiger partial charge < -0.3 is 10.5 Å². The number of aromatic nitrogens is 2. The van der Waals surface area contributed by atoms with Crippen LogP contribution in [0.5, 0.6) is 0 Å². The molecule has 2 N–H and O–H groups in total. The molecule has 2 aromatic heterocycles. The highest BCUT2D eigenvalue weighted by atomic mass is 79.9. The first-order chi connectivity index (χ1) is 8.63. The summed E-state index contributed by atoms with van der Waals surface area (Å²) < 4.78 is 7.87. The number of ether oxygens (including phenoxy) is 1. The fraction of sp³-hybridized carbons (Fsp3) is 0.364. The molecule has 0 aromatic carbocycles. The van der Waals surface area contributed by atoms with E-state index in [1.54, 1.807) is 29.3 Å². The lowest BCUT2D eigenvalue weighted by atomic mass is 10.2. The van der Waals surface area contributed by atoms with Crippen LogP contribution in [0.25, 0.3) is 0 Å². The smallest absolute Gasteiger partial charge is 0.0838 e. The van der Waals surface area contributed by atoms with Crippen molar-refractivity contribution in [1.29, 1.82) is 0 Å². The molecule has 0 fully saturated rings.